The quantitative estimate of drug-likeness (QED) is 0.827. The van der Waals surface area contributed by atoms with E-state index in [4.69, 9.17) is 4.42 Å². The van der Waals surface area contributed by atoms with Crippen molar-refractivity contribution in [3.63, 3.8) is 0 Å². The Kier molecular flexibility index (Phi) is 5.64. The first-order valence-corrected chi connectivity index (χ1v) is 11.0. The summed E-state index contributed by atoms with van der Waals surface area (Å²) < 4.78 is 6.07. The number of hydrogen-bond donors (Lipinski definition) is 1. The normalized spacial score (nSPS) is 24.4. The summed E-state index contributed by atoms with van der Waals surface area (Å²) in [7, 11) is 0. The molecule has 8 nitrogen and oxygen atoms in total. The SMILES string of the molecule is CC(C)(O)C(=O)N1CCC(c2nnc(C3CCCCN3C(=O)C3CCC3)o2)CC1. The van der Waals surface area contributed by atoms with E-state index in [-0.39, 0.29) is 29.7 Å². The monoisotopic (exact) mass is 404 g/mol. The summed E-state index contributed by atoms with van der Waals surface area (Å²) in [6, 6.07) is -0.102. The lowest BCUT2D eigenvalue weighted by Crippen LogP contribution is -2.48. The fraction of sp³-hybridized carbons (Fsp3) is 0.810. The summed E-state index contributed by atoms with van der Waals surface area (Å²) in [6.07, 6.45) is 7.58. The van der Waals surface area contributed by atoms with E-state index in [0.717, 1.165) is 57.9 Å². The van der Waals surface area contributed by atoms with E-state index in [1.165, 1.54) is 13.8 Å². The molecule has 0 spiro atoms. The molecule has 3 aliphatic rings. The Morgan fingerprint density at radius 1 is 0.966 bits per heavy atom. The summed E-state index contributed by atoms with van der Waals surface area (Å²) in [5.74, 6) is 1.46. The van der Waals surface area contributed by atoms with Crippen molar-refractivity contribution in [2.24, 2.45) is 5.92 Å². The molecule has 1 unspecified atom stereocenters. The molecule has 2 amide bonds. The molecule has 3 heterocycles. The zero-order valence-electron chi connectivity index (χ0n) is 17.5. The predicted molar refractivity (Wildman–Crippen MR) is 105 cm³/mol. The van der Waals surface area contributed by atoms with Gasteiger partial charge in [0.05, 0.1) is 0 Å². The molecule has 8 heteroatoms. The highest BCUT2D eigenvalue weighted by atomic mass is 16.4. The molecular formula is C21H32N4O4. The number of rotatable bonds is 4. The third kappa shape index (κ3) is 4.17. The molecule has 1 atom stereocenters. The van der Waals surface area contributed by atoms with E-state index >= 15 is 0 Å². The van der Waals surface area contributed by atoms with Gasteiger partial charge in [-0.1, -0.05) is 6.42 Å². The van der Waals surface area contributed by atoms with Crippen molar-refractivity contribution in [3.8, 4) is 0 Å². The van der Waals surface area contributed by atoms with Gasteiger partial charge in [-0.15, -0.1) is 10.2 Å². The lowest BCUT2D eigenvalue weighted by atomic mass is 9.83. The molecule has 1 aromatic heterocycles. The molecule has 1 saturated carbocycles. The van der Waals surface area contributed by atoms with Crippen LogP contribution in [0.25, 0.3) is 0 Å². The average Bonchev–Trinajstić information content (AvgIpc) is 3.15. The maximum atomic E-state index is 12.8. The molecule has 1 aliphatic carbocycles. The first-order valence-electron chi connectivity index (χ1n) is 11.0. The molecule has 4 rings (SSSR count). The fourth-order valence-corrected chi connectivity index (χ4v) is 4.60. The van der Waals surface area contributed by atoms with Gasteiger partial charge in [0, 0.05) is 31.5 Å². The molecule has 0 aromatic carbocycles. The molecule has 160 valence electrons. The van der Waals surface area contributed by atoms with Gasteiger partial charge in [0.1, 0.15) is 11.6 Å². The van der Waals surface area contributed by atoms with Crippen LogP contribution in [0, 0.1) is 5.92 Å². The summed E-state index contributed by atoms with van der Waals surface area (Å²) in [4.78, 5) is 28.7. The van der Waals surface area contributed by atoms with Crippen molar-refractivity contribution >= 4 is 11.8 Å². The van der Waals surface area contributed by atoms with Crippen LogP contribution in [0.5, 0.6) is 0 Å². The molecule has 1 N–H and O–H groups in total. The average molecular weight is 405 g/mol. The summed E-state index contributed by atoms with van der Waals surface area (Å²) in [5, 5.41) is 18.5. The summed E-state index contributed by atoms with van der Waals surface area (Å²) in [6.45, 7) is 4.95. The fourth-order valence-electron chi connectivity index (χ4n) is 4.60. The van der Waals surface area contributed by atoms with Crippen molar-refractivity contribution in [3.05, 3.63) is 11.8 Å². The van der Waals surface area contributed by atoms with E-state index < -0.39 is 5.60 Å². The van der Waals surface area contributed by atoms with Crippen LogP contribution in [0.15, 0.2) is 4.42 Å². The van der Waals surface area contributed by atoms with Crippen molar-refractivity contribution in [1.29, 1.82) is 0 Å². The van der Waals surface area contributed by atoms with Crippen molar-refractivity contribution < 1.29 is 19.1 Å². The summed E-state index contributed by atoms with van der Waals surface area (Å²) >= 11 is 0. The highest BCUT2D eigenvalue weighted by molar-refractivity contribution is 5.84. The topological polar surface area (TPSA) is 99.8 Å². The number of nitrogens with zero attached hydrogens (tertiary/aromatic N) is 4. The van der Waals surface area contributed by atoms with Gasteiger partial charge in [-0.3, -0.25) is 9.59 Å². The van der Waals surface area contributed by atoms with Gasteiger partial charge in [-0.05, 0) is 58.8 Å². The number of aromatic nitrogens is 2. The van der Waals surface area contributed by atoms with Crippen LogP contribution in [0.4, 0.5) is 0 Å². The number of carbonyl (C=O) groups is 2. The van der Waals surface area contributed by atoms with E-state index in [2.05, 4.69) is 10.2 Å². The van der Waals surface area contributed by atoms with Crippen LogP contribution in [0.3, 0.4) is 0 Å². The van der Waals surface area contributed by atoms with Gasteiger partial charge in [-0.25, -0.2) is 0 Å². The smallest absolute Gasteiger partial charge is 0.253 e. The van der Waals surface area contributed by atoms with Crippen LogP contribution in [0.1, 0.15) is 89.0 Å². The Balaban J connectivity index is 1.40. The van der Waals surface area contributed by atoms with E-state index in [1.807, 2.05) is 4.90 Å². The maximum absolute atomic E-state index is 12.8. The molecule has 2 aliphatic heterocycles. The van der Waals surface area contributed by atoms with Crippen molar-refractivity contribution in [1.82, 2.24) is 20.0 Å². The second-order valence-corrected chi connectivity index (χ2v) is 9.28. The van der Waals surface area contributed by atoms with Gasteiger partial charge in [0.15, 0.2) is 0 Å². The van der Waals surface area contributed by atoms with Crippen LogP contribution in [-0.4, -0.2) is 62.2 Å². The van der Waals surface area contributed by atoms with Crippen LogP contribution >= 0.6 is 0 Å². The van der Waals surface area contributed by atoms with Crippen molar-refractivity contribution in [2.45, 2.75) is 82.8 Å². The van der Waals surface area contributed by atoms with E-state index in [9.17, 15) is 14.7 Å². The Morgan fingerprint density at radius 2 is 1.66 bits per heavy atom. The third-order valence-electron chi connectivity index (χ3n) is 6.64. The molecule has 3 fully saturated rings. The molecular weight excluding hydrogens is 372 g/mol. The second-order valence-electron chi connectivity index (χ2n) is 9.28. The Bertz CT molecular complexity index is 744. The first kappa shape index (κ1) is 20.3. The number of carbonyl (C=O) groups excluding carboxylic acids is 2. The van der Waals surface area contributed by atoms with Crippen LogP contribution in [0.2, 0.25) is 0 Å². The largest absolute Gasteiger partial charge is 0.423 e. The molecule has 2 saturated heterocycles. The minimum atomic E-state index is -1.35. The lowest BCUT2D eigenvalue weighted by molar-refractivity contribution is -0.149. The minimum absolute atomic E-state index is 0.102. The van der Waals surface area contributed by atoms with Crippen LogP contribution in [-0.2, 0) is 9.59 Å². The number of hydrogen-bond acceptors (Lipinski definition) is 6. The lowest BCUT2D eigenvalue weighted by Gasteiger charge is -2.38. The number of piperidine rings is 2. The molecule has 29 heavy (non-hydrogen) atoms. The third-order valence-corrected chi connectivity index (χ3v) is 6.64. The van der Waals surface area contributed by atoms with Gasteiger partial charge in [-0.2, -0.15) is 0 Å². The number of likely N-dealkylation sites (tertiary alicyclic amines) is 2. The van der Waals surface area contributed by atoms with Gasteiger partial charge < -0.3 is 19.3 Å². The van der Waals surface area contributed by atoms with Crippen LogP contribution < -0.4 is 0 Å². The van der Waals surface area contributed by atoms with E-state index in [0.29, 0.717) is 24.9 Å². The van der Waals surface area contributed by atoms with Gasteiger partial charge in [0.2, 0.25) is 17.7 Å². The highest BCUT2D eigenvalue weighted by Crippen LogP contribution is 2.37. The molecule has 0 radical (unpaired) electrons. The zero-order valence-corrected chi connectivity index (χ0v) is 17.5. The maximum Gasteiger partial charge on any atom is 0.253 e. The number of amides is 2. The Labute approximate surface area is 171 Å². The van der Waals surface area contributed by atoms with Crippen molar-refractivity contribution in [2.75, 3.05) is 19.6 Å². The minimum Gasteiger partial charge on any atom is -0.423 e. The highest BCUT2D eigenvalue weighted by Gasteiger charge is 2.38. The number of aliphatic hydroxyl groups is 1. The second kappa shape index (κ2) is 8.05. The predicted octanol–water partition coefficient (Wildman–Crippen LogP) is 2.40. The summed E-state index contributed by atoms with van der Waals surface area (Å²) in [5.41, 5.74) is -1.35. The van der Waals surface area contributed by atoms with Gasteiger partial charge in [0.25, 0.3) is 5.91 Å². The Morgan fingerprint density at radius 3 is 2.28 bits per heavy atom. The molecule has 0 bridgehead atoms. The standard InChI is InChI=1S/C21H32N4O4/c1-21(2,28)20(27)24-12-9-14(10-13-24)17-22-23-18(29-17)16-8-3-4-11-25(16)19(26)15-6-5-7-15/h14-16,28H,3-13H2,1-2H3. The molecule has 1 aromatic rings. The Hall–Kier alpha value is -1.96. The zero-order chi connectivity index (χ0) is 20.6. The van der Waals surface area contributed by atoms with Gasteiger partial charge >= 0.3 is 0 Å². The first-order chi connectivity index (χ1) is 13.8. The van der Waals surface area contributed by atoms with E-state index in [1.54, 1.807) is 4.90 Å².